The highest BCUT2D eigenvalue weighted by Crippen LogP contribution is 2.31. The molecule has 2 rings (SSSR count). The van der Waals surface area contributed by atoms with Crippen molar-refractivity contribution in [3.8, 4) is 6.07 Å². The van der Waals surface area contributed by atoms with Crippen molar-refractivity contribution in [3.05, 3.63) is 29.6 Å². The maximum Gasteiger partial charge on any atom is 0.128 e. The molecule has 3 nitrogen and oxygen atoms in total. The molecule has 19 heavy (non-hydrogen) atoms. The molecule has 1 aromatic heterocycles. The number of imidazole rings is 1. The normalized spacial score (nSPS) is 14.6. The Balaban J connectivity index is 2.79. The van der Waals surface area contributed by atoms with Crippen LogP contribution in [0.2, 0.25) is 0 Å². The van der Waals surface area contributed by atoms with E-state index >= 15 is 0 Å². The third-order valence-electron chi connectivity index (χ3n) is 3.60. The lowest BCUT2D eigenvalue weighted by atomic mass is 10.1. The Bertz CT molecular complexity index is 635. The maximum absolute atomic E-state index is 9.19. The zero-order chi connectivity index (χ0) is 14.2. The van der Waals surface area contributed by atoms with E-state index in [1.54, 1.807) is 6.07 Å². The van der Waals surface area contributed by atoms with Crippen molar-refractivity contribution in [2.75, 3.05) is 0 Å². The minimum absolute atomic E-state index is 0.180. The van der Waals surface area contributed by atoms with Gasteiger partial charge in [0, 0.05) is 6.04 Å². The summed E-state index contributed by atoms with van der Waals surface area (Å²) in [5.41, 5.74) is 2.34. The van der Waals surface area contributed by atoms with Gasteiger partial charge >= 0.3 is 0 Å². The first kappa shape index (κ1) is 13.9. The van der Waals surface area contributed by atoms with Gasteiger partial charge in [-0.25, -0.2) is 4.98 Å². The molecule has 2 unspecified atom stereocenters. The fourth-order valence-electron chi connectivity index (χ4n) is 2.23. The van der Waals surface area contributed by atoms with Crippen LogP contribution < -0.4 is 0 Å². The average molecular weight is 276 g/mol. The monoisotopic (exact) mass is 275 g/mol. The SMILES string of the molecule is CC(Cl)c1nc2c(C#N)cccc2n1C(C)C(C)C. The van der Waals surface area contributed by atoms with Crippen LogP contribution in [0.5, 0.6) is 0 Å². The molecule has 1 heterocycles. The Morgan fingerprint density at radius 2 is 1.95 bits per heavy atom. The Labute approximate surface area is 118 Å². The Kier molecular flexibility index (Phi) is 3.82. The predicted molar refractivity (Wildman–Crippen MR) is 78.3 cm³/mol. The number of rotatable bonds is 3. The van der Waals surface area contributed by atoms with E-state index < -0.39 is 0 Å². The number of benzene rings is 1. The molecule has 0 aliphatic rings. The number of halogens is 1. The number of hydrogen-bond acceptors (Lipinski definition) is 2. The molecule has 2 aromatic rings. The summed E-state index contributed by atoms with van der Waals surface area (Å²) < 4.78 is 2.17. The Hall–Kier alpha value is -1.53. The number of alkyl halides is 1. The Morgan fingerprint density at radius 3 is 2.47 bits per heavy atom. The molecule has 0 aliphatic heterocycles. The molecule has 100 valence electrons. The summed E-state index contributed by atoms with van der Waals surface area (Å²) in [6.07, 6.45) is 0. The summed E-state index contributed by atoms with van der Waals surface area (Å²) in [5, 5.41) is 9.01. The molecule has 0 fully saturated rings. The van der Waals surface area contributed by atoms with Gasteiger partial charge in [0.05, 0.1) is 16.5 Å². The predicted octanol–water partition coefficient (Wildman–Crippen LogP) is 4.42. The van der Waals surface area contributed by atoms with Gasteiger partial charge in [-0.3, -0.25) is 0 Å². The molecule has 0 spiro atoms. The molecule has 0 aliphatic carbocycles. The number of fused-ring (bicyclic) bond motifs is 1. The quantitative estimate of drug-likeness (QED) is 0.778. The van der Waals surface area contributed by atoms with Crippen LogP contribution in [0.15, 0.2) is 18.2 Å². The minimum atomic E-state index is -0.180. The van der Waals surface area contributed by atoms with Gasteiger partial charge in [-0.05, 0) is 31.9 Å². The maximum atomic E-state index is 9.19. The fraction of sp³-hybridized carbons (Fsp3) is 0.467. The van der Waals surface area contributed by atoms with Crippen LogP contribution >= 0.6 is 11.6 Å². The van der Waals surface area contributed by atoms with Gasteiger partial charge in [0.1, 0.15) is 17.4 Å². The summed E-state index contributed by atoms with van der Waals surface area (Å²) in [4.78, 5) is 4.59. The first-order valence-corrected chi connectivity index (χ1v) is 6.96. The molecular weight excluding hydrogens is 258 g/mol. The molecule has 0 radical (unpaired) electrons. The van der Waals surface area contributed by atoms with Crippen LogP contribution in [0.4, 0.5) is 0 Å². The highest BCUT2D eigenvalue weighted by Gasteiger charge is 2.22. The standard InChI is InChI=1S/C15H18ClN3/c1-9(2)11(4)19-13-7-5-6-12(8-17)14(13)18-15(19)10(3)16/h5-7,9-11H,1-4H3. The zero-order valence-electron chi connectivity index (χ0n) is 11.7. The fourth-order valence-corrected chi connectivity index (χ4v) is 2.39. The van der Waals surface area contributed by atoms with E-state index in [0.29, 0.717) is 11.5 Å². The molecule has 0 bridgehead atoms. The van der Waals surface area contributed by atoms with Crippen LogP contribution in [0.3, 0.4) is 0 Å². The summed E-state index contributed by atoms with van der Waals surface area (Å²) >= 11 is 6.26. The highest BCUT2D eigenvalue weighted by atomic mass is 35.5. The molecule has 0 amide bonds. The number of nitrogens with zero attached hydrogens (tertiary/aromatic N) is 3. The summed E-state index contributed by atoms with van der Waals surface area (Å²) in [6.45, 7) is 8.42. The second kappa shape index (κ2) is 5.22. The third-order valence-corrected chi connectivity index (χ3v) is 3.79. The van der Waals surface area contributed by atoms with Crippen molar-refractivity contribution >= 4 is 22.6 Å². The van der Waals surface area contributed by atoms with E-state index in [2.05, 4.69) is 36.4 Å². The Morgan fingerprint density at radius 1 is 1.26 bits per heavy atom. The minimum Gasteiger partial charge on any atom is -0.324 e. The van der Waals surface area contributed by atoms with Gasteiger partial charge in [0.2, 0.25) is 0 Å². The smallest absolute Gasteiger partial charge is 0.128 e. The van der Waals surface area contributed by atoms with Crippen molar-refractivity contribution in [2.45, 2.75) is 39.1 Å². The molecule has 0 N–H and O–H groups in total. The molecule has 0 saturated carbocycles. The average Bonchev–Trinajstić information content (AvgIpc) is 2.76. The molecule has 0 saturated heterocycles. The van der Waals surface area contributed by atoms with Crippen molar-refractivity contribution in [3.63, 3.8) is 0 Å². The van der Waals surface area contributed by atoms with Gasteiger partial charge in [-0.2, -0.15) is 5.26 Å². The lowest BCUT2D eigenvalue weighted by Crippen LogP contribution is -2.14. The van der Waals surface area contributed by atoms with Crippen molar-refractivity contribution in [2.24, 2.45) is 5.92 Å². The second-order valence-electron chi connectivity index (χ2n) is 5.23. The van der Waals surface area contributed by atoms with Crippen LogP contribution in [0.25, 0.3) is 11.0 Å². The van der Waals surface area contributed by atoms with E-state index in [-0.39, 0.29) is 11.4 Å². The highest BCUT2D eigenvalue weighted by molar-refractivity contribution is 6.20. The molecule has 1 aromatic carbocycles. The number of aromatic nitrogens is 2. The largest absolute Gasteiger partial charge is 0.324 e. The first-order chi connectivity index (χ1) is 8.97. The van der Waals surface area contributed by atoms with E-state index in [4.69, 9.17) is 11.6 Å². The van der Waals surface area contributed by atoms with Crippen LogP contribution in [0.1, 0.15) is 50.5 Å². The molecule has 2 atom stereocenters. The summed E-state index contributed by atoms with van der Waals surface area (Å²) in [5.74, 6) is 1.30. The number of nitriles is 1. The van der Waals surface area contributed by atoms with Gasteiger partial charge in [0.15, 0.2) is 0 Å². The zero-order valence-corrected chi connectivity index (χ0v) is 12.4. The van der Waals surface area contributed by atoms with Crippen LogP contribution in [-0.2, 0) is 0 Å². The first-order valence-electron chi connectivity index (χ1n) is 6.52. The topological polar surface area (TPSA) is 41.6 Å². The van der Waals surface area contributed by atoms with E-state index in [0.717, 1.165) is 16.9 Å². The molecular formula is C15H18ClN3. The van der Waals surface area contributed by atoms with E-state index in [9.17, 15) is 5.26 Å². The van der Waals surface area contributed by atoms with Crippen LogP contribution in [-0.4, -0.2) is 9.55 Å². The summed E-state index contributed by atoms with van der Waals surface area (Å²) in [6, 6.07) is 8.18. The van der Waals surface area contributed by atoms with Crippen molar-refractivity contribution < 1.29 is 0 Å². The van der Waals surface area contributed by atoms with Crippen molar-refractivity contribution in [1.82, 2.24) is 9.55 Å². The van der Waals surface area contributed by atoms with Crippen LogP contribution in [0, 0.1) is 17.2 Å². The second-order valence-corrected chi connectivity index (χ2v) is 5.88. The number of para-hydroxylation sites is 1. The lowest BCUT2D eigenvalue weighted by Gasteiger charge is -2.21. The summed E-state index contributed by atoms with van der Waals surface area (Å²) in [7, 11) is 0. The van der Waals surface area contributed by atoms with Gasteiger partial charge in [-0.15, -0.1) is 11.6 Å². The van der Waals surface area contributed by atoms with Crippen molar-refractivity contribution in [1.29, 1.82) is 5.26 Å². The van der Waals surface area contributed by atoms with Gasteiger partial charge in [-0.1, -0.05) is 19.9 Å². The van der Waals surface area contributed by atoms with Gasteiger partial charge < -0.3 is 4.57 Å². The number of hydrogen-bond donors (Lipinski definition) is 0. The van der Waals surface area contributed by atoms with E-state index in [1.807, 2.05) is 19.1 Å². The molecule has 4 heteroatoms. The third kappa shape index (κ3) is 2.33. The van der Waals surface area contributed by atoms with E-state index in [1.165, 1.54) is 0 Å². The lowest BCUT2D eigenvalue weighted by molar-refractivity contribution is 0.405. The van der Waals surface area contributed by atoms with Gasteiger partial charge in [0.25, 0.3) is 0 Å².